The van der Waals surface area contributed by atoms with Crippen LogP contribution in [0.5, 0.6) is 0 Å². The van der Waals surface area contributed by atoms with Gasteiger partial charge in [-0.1, -0.05) is 35.2 Å². The van der Waals surface area contributed by atoms with Gasteiger partial charge in [0, 0.05) is 23.2 Å². The van der Waals surface area contributed by atoms with Gasteiger partial charge in [0.15, 0.2) is 0 Å². The Hall–Kier alpha value is -1.03. The molecule has 1 saturated carbocycles. The minimum atomic E-state index is -0.864. The zero-order valence-corrected chi connectivity index (χ0v) is 13.0. The van der Waals surface area contributed by atoms with Crippen molar-refractivity contribution in [2.24, 2.45) is 0 Å². The van der Waals surface area contributed by atoms with E-state index < -0.39 is 5.97 Å². The van der Waals surface area contributed by atoms with E-state index in [4.69, 9.17) is 0 Å². The van der Waals surface area contributed by atoms with Crippen molar-refractivity contribution in [1.29, 1.82) is 0 Å². The molecule has 1 aromatic carbocycles. The molecule has 0 spiro atoms. The van der Waals surface area contributed by atoms with Crippen LogP contribution < -0.4 is 4.90 Å². The number of carboxylic acid groups (broad SMARTS) is 1. The maximum Gasteiger partial charge on any atom is 0.336 e. The molecule has 0 aliphatic heterocycles. The van der Waals surface area contributed by atoms with E-state index in [-0.39, 0.29) is 0 Å². The summed E-state index contributed by atoms with van der Waals surface area (Å²) in [6, 6.07) is 4.23. The van der Waals surface area contributed by atoms with Gasteiger partial charge in [-0.15, -0.1) is 0 Å². The Labute approximate surface area is 122 Å². The van der Waals surface area contributed by atoms with Crippen molar-refractivity contribution in [3.63, 3.8) is 0 Å². The Bertz CT molecular complexity index is 481. The minimum Gasteiger partial charge on any atom is -0.478 e. The lowest BCUT2D eigenvalue weighted by atomic mass is 9.93. The maximum absolute atomic E-state index is 11.3. The summed E-state index contributed by atoms with van der Waals surface area (Å²) >= 11 is 3.42. The minimum absolute atomic E-state index is 0.382. The van der Waals surface area contributed by atoms with E-state index in [1.807, 2.05) is 13.0 Å². The van der Waals surface area contributed by atoms with Gasteiger partial charge in [-0.2, -0.15) is 0 Å². The second-order valence-corrected chi connectivity index (χ2v) is 6.22. The smallest absolute Gasteiger partial charge is 0.336 e. The SMILES string of the molecule is Cc1c(C(=O)O)cc(Br)cc1N(C)C1CCCCC1. The van der Waals surface area contributed by atoms with E-state index in [2.05, 4.69) is 27.9 Å². The second kappa shape index (κ2) is 5.95. The summed E-state index contributed by atoms with van der Waals surface area (Å²) in [6.07, 6.45) is 6.26. The van der Waals surface area contributed by atoms with Crippen LogP contribution in [-0.4, -0.2) is 24.2 Å². The van der Waals surface area contributed by atoms with Crippen LogP contribution in [0, 0.1) is 6.92 Å². The molecular weight excluding hydrogens is 306 g/mol. The van der Waals surface area contributed by atoms with Crippen LogP contribution in [0.3, 0.4) is 0 Å². The molecular formula is C15H20BrNO2. The Morgan fingerprint density at radius 2 is 1.95 bits per heavy atom. The highest BCUT2D eigenvalue weighted by Crippen LogP contribution is 2.32. The molecule has 1 aliphatic carbocycles. The molecule has 3 nitrogen and oxygen atoms in total. The topological polar surface area (TPSA) is 40.5 Å². The van der Waals surface area contributed by atoms with E-state index in [0.717, 1.165) is 15.7 Å². The van der Waals surface area contributed by atoms with Gasteiger partial charge in [0.2, 0.25) is 0 Å². The predicted molar refractivity (Wildman–Crippen MR) is 81.1 cm³/mol. The summed E-state index contributed by atoms with van der Waals surface area (Å²) in [5, 5.41) is 9.27. The Morgan fingerprint density at radius 3 is 2.53 bits per heavy atom. The normalized spacial score (nSPS) is 16.4. The molecule has 19 heavy (non-hydrogen) atoms. The molecule has 0 atom stereocenters. The number of anilines is 1. The maximum atomic E-state index is 11.3. The molecule has 0 amide bonds. The van der Waals surface area contributed by atoms with Crippen molar-refractivity contribution in [2.45, 2.75) is 45.1 Å². The first kappa shape index (κ1) is 14.4. The highest BCUT2D eigenvalue weighted by atomic mass is 79.9. The first-order chi connectivity index (χ1) is 9.00. The van der Waals surface area contributed by atoms with E-state index in [0.29, 0.717) is 11.6 Å². The summed E-state index contributed by atoms with van der Waals surface area (Å²) in [6.45, 7) is 1.89. The summed E-state index contributed by atoms with van der Waals surface area (Å²) in [7, 11) is 2.08. The number of benzene rings is 1. The second-order valence-electron chi connectivity index (χ2n) is 5.31. The number of carbonyl (C=O) groups is 1. The quantitative estimate of drug-likeness (QED) is 0.904. The van der Waals surface area contributed by atoms with Crippen molar-refractivity contribution in [3.8, 4) is 0 Å². The number of rotatable bonds is 3. The highest BCUT2D eigenvalue weighted by Gasteiger charge is 2.22. The van der Waals surface area contributed by atoms with Gasteiger partial charge < -0.3 is 10.0 Å². The summed E-state index contributed by atoms with van der Waals surface area (Å²) < 4.78 is 0.827. The molecule has 0 heterocycles. The first-order valence-electron chi connectivity index (χ1n) is 6.77. The van der Waals surface area contributed by atoms with Gasteiger partial charge in [0.25, 0.3) is 0 Å². The summed E-state index contributed by atoms with van der Waals surface area (Å²) in [5.74, 6) is -0.864. The number of aromatic carboxylic acids is 1. The first-order valence-corrected chi connectivity index (χ1v) is 7.56. The van der Waals surface area contributed by atoms with Gasteiger partial charge in [0.05, 0.1) is 5.56 Å². The number of carboxylic acids is 1. The predicted octanol–water partition coefficient (Wildman–Crippen LogP) is 4.22. The lowest BCUT2D eigenvalue weighted by Crippen LogP contribution is -2.34. The zero-order chi connectivity index (χ0) is 14.0. The van der Waals surface area contributed by atoms with Gasteiger partial charge in [-0.3, -0.25) is 0 Å². The Kier molecular flexibility index (Phi) is 4.50. The Morgan fingerprint density at radius 1 is 1.32 bits per heavy atom. The monoisotopic (exact) mass is 325 g/mol. The number of nitrogens with zero attached hydrogens (tertiary/aromatic N) is 1. The van der Waals surface area contributed by atoms with Gasteiger partial charge in [-0.25, -0.2) is 4.79 Å². The average Bonchev–Trinajstić information content (AvgIpc) is 2.41. The van der Waals surface area contributed by atoms with Crippen molar-refractivity contribution >= 4 is 27.6 Å². The van der Waals surface area contributed by atoms with Crippen LogP contribution in [-0.2, 0) is 0 Å². The van der Waals surface area contributed by atoms with Crippen LogP contribution in [0.1, 0.15) is 48.0 Å². The fourth-order valence-corrected chi connectivity index (χ4v) is 3.36. The summed E-state index contributed by atoms with van der Waals surface area (Å²) in [5.41, 5.74) is 2.26. The fourth-order valence-electron chi connectivity index (χ4n) is 2.92. The molecule has 0 aromatic heterocycles. The molecule has 1 fully saturated rings. The lowest BCUT2D eigenvalue weighted by molar-refractivity contribution is 0.0696. The molecule has 1 aliphatic rings. The van der Waals surface area contributed by atoms with Crippen molar-refractivity contribution in [1.82, 2.24) is 0 Å². The highest BCUT2D eigenvalue weighted by molar-refractivity contribution is 9.10. The van der Waals surface area contributed by atoms with Gasteiger partial charge in [-0.05, 0) is 37.5 Å². The molecule has 1 N–H and O–H groups in total. The summed E-state index contributed by atoms with van der Waals surface area (Å²) in [4.78, 5) is 13.5. The van der Waals surface area contributed by atoms with Crippen molar-refractivity contribution in [2.75, 3.05) is 11.9 Å². The third kappa shape index (κ3) is 3.11. The third-order valence-corrected chi connectivity index (χ3v) is 4.54. The molecule has 0 bridgehead atoms. The fraction of sp³-hybridized carbons (Fsp3) is 0.533. The molecule has 1 aromatic rings. The number of hydrogen-bond donors (Lipinski definition) is 1. The van der Waals surface area contributed by atoms with Crippen molar-refractivity contribution in [3.05, 3.63) is 27.7 Å². The van der Waals surface area contributed by atoms with Crippen LogP contribution in [0.25, 0.3) is 0 Å². The average molecular weight is 326 g/mol. The van der Waals surface area contributed by atoms with Gasteiger partial charge in [0.1, 0.15) is 0 Å². The van der Waals surface area contributed by atoms with Gasteiger partial charge >= 0.3 is 5.97 Å². The molecule has 0 radical (unpaired) electrons. The molecule has 104 valence electrons. The molecule has 2 rings (SSSR count). The number of hydrogen-bond acceptors (Lipinski definition) is 2. The molecule has 0 unspecified atom stereocenters. The van der Waals surface area contributed by atoms with E-state index in [1.54, 1.807) is 6.07 Å². The van der Waals surface area contributed by atoms with Crippen LogP contribution in [0.4, 0.5) is 5.69 Å². The number of halogens is 1. The zero-order valence-electron chi connectivity index (χ0n) is 11.4. The van der Waals surface area contributed by atoms with E-state index in [1.165, 1.54) is 32.1 Å². The van der Waals surface area contributed by atoms with Crippen LogP contribution in [0.15, 0.2) is 16.6 Å². The van der Waals surface area contributed by atoms with E-state index in [9.17, 15) is 9.90 Å². The molecule has 4 heteroatoms. The largest absolute Gasteiger partial charge is 0.478 e. The lowest BCUT2D eigenvalue weighted by Gasteiger charge is -2.34. The van der Waals surface area contributed by atoms with E-state index >= 15 is 0 Å². The van der Waals surface area contributed by atoms with Crippen LogP contribution >= 0.6 is 15.9 Å². The van der Waals surface area contributed by atoms with Crippen molar-refractivity contribution < 1.29 is 9.90 Å². The van der Waals surface area contributed by atoms with Crippen LogP contribution in [0.2, 0.25) is 0 Å². The molecule has 0 saturated heterocycles. The standard InChI is InChI=1S/C15H20BrNO2/c1-10-13(15(18)19)8-11(16)9-14(10)17(2)12-6-4-3-5-7-12/h8-9,12H,3-7H2,1-2H3,(H,18,19). The Balaban J connectivity index is 2.35. The third-order valence-electron chi connectivity index (χ3n) is 4.08.